The second-order valence-electron chi connectivity index (χ2n) is 3.49. The Morgan fingerprint density at radius 3 is 2.33 bits per heavy atom. The summed E-state index contributed by atoms with van der Waals surface area (Å²) in [5.41, 5.74) is 6.42. The van der Waals surface area contributed by atoms with Crippen LogP contribution in [-0.4, -0.2) is 24.5 Å². The van der Waals surface area contributed by atoms with Gasteiger partial charge in [-0.1, -0.05) is 32.0 Å². The average molecular weight is 210 g/mol. The molecule has 0 saturated carbocycles. The highest BCUT2D eigenvalue weighted by Crippen LogP contribution is 2.21. The van der Waals surface area contributed by atoms with Gasteiger partial charge in [-0.05, 0) is 19.2 Å². The number of hydrogen-bond acceptors (Lipinski definition) is 2. The van der Waals surface area contributed by atoms with Crippen LogP contribution in [0.25, 0.3) is 0 Å². The van der Waals surface area contributed by atoms with Gasteiger partial charge in [-0.2, -0.15) is 0 Å². The molecule has 0 heterocycles. The van der Waals surface area contributed by atoms with Crippen LogP contribution in [-0.2, 0) is 0 Å². The van der Waals surface area contributed by atoms with Crippen LogP contribution in [0.1, 0.15) is 25.5 Å². The van der Waals surface area contributed by atoms with E-state index < -0.39 is 0 Å². The molecular weight excluding hydrogens is 191 g/mol. The molecular formula is C12H19FN2. The summed E-state index contributed by atoms with van der Waals surface area (Å²) in [6.07, 6.45) is 0. The van der Waals surface area contributed by atoms with Crippen molar-refractivity contribution in [3.8, 4) is 0 Å². The topological polar surface area (TPSA) is 29.3 Å². The Bertz CT molecular complexity index is 297. The molecule has 15 heavy (non-hydrogen) atoms. The molecule has 0 amide bonds. The van der Waals surface area contributed by atoms with Crippen LogP contribution in [0.4, 0.5) is 4.39 Å². The van der Waals surface area contributed by atoms with Crippen molar-refractivity contribution in [3.05, 3.63) is 35.6 Å². The number of nitrogens with two attached hydrogens (primary N) is 1. The molecule has 0 spiro atoms. The Balaban J connectivity index is 2.96. The highest BCUT2D eigenvalue weighted by molar-refractivity contribution is 5.21. The highest BCUT2D eigenvalue weighted by Gasteiger charge is 2.18. The predicted octanol–water partition coefficient (Wildman–Crippen LogP) is 2.17. The van der Waals surface area contributed by atoms with Crippen LogP contribution in [0.2, 0.25) is 0 Å². The maximum Gasteiger partial charge on any atom is 0.128 e. The van der Waals surface area contributed by atoms with E-state index in [1.165, 1.54) is 6.07 Å². The fourth-order valence-corrected chi connectivity index (χ4v) is 1.88. The number of rotatable bonds is 5. The third kappa shape index (κ3) is 2.76. The molecule has 0 saturated heterocycles. The summed E-state index contributed by atoms with van der Waals surface area (Å²) >= 11 is 0. The molecule has 0 aliphatic rings. The first kappa shape index (κ1) is 12.1. The molecule has 0 fully saturated rings. The third-order valence-corrected chi connectivity index (χ3v) is 2.74. The largest absolute Gasteiger partial charge is 0.329 e. The first-order chi connectivity index (χ1) is 7.24. The monoisotopic (exact) mass is 210 g/mol. The Morgan fingerprint density at radius 2 is 1.87 bits per heavy atom. The minimum atomic E-state index is -0.167. The molecule has 0 bridgehead atoms. The van der Waals surface area contributed by atoms with Crippen molar-refractivity contribution >= 4 is 0 Å². The zero-order valence-electron chi connectivity index (χ0n) is 9.41. The van der Waals surface area contributed by atoms with Gasteiger partial charge in [0, 0.05) is 18.2 Å². The smallest absolute Gasteiger partial charge is 0.128 e. The Morgan fingerprint density at radius 1 is 1.27 bits per heavy atom. The van der Waals surface area contributed by atoms with Crippen molar-refractivity contribution in [1.82, 2.24) is 4.90 Å². The number of benzene rings is 1. The van der Waals surface area contributed by atoms with E-state index in [4.69, 9.17) is 5.73 Å². The molecule has 3 heteroatoms. The molecule has 1 rings (SSSR count). The van der Waals surface area contributed by atoms with Crippen molar-refractivity contribution < 1.29 is 4.39 Å². The molecule has 0 aliphatic carbocycles. The summed E-state index contributed by atoms with van der Waals surface area (Å²) < 4.78 is 13.6. The maximum atomic E-state index is 13.6. The van der Waals surface area contributed by atoms with Crippen molar-refractivity contribution in [2.24, 2.45) is 5.73 Å². The predicted molar refractivity (Wildman–Crippen MR) is 61.1 cm³/mol. The van der Waals surface area contributed by atoms with Gasteiger partial charge in [0.05, 0.1) is 0 Å². The fourth-order valence-electron chi connectivity index (χ4n) is 1.88. The van der Waals surface area contributed by atoms with E-state index in [1.54, 1.807) is 6.07 Å². The van der Waals surface area contributed by atoms with Gasteiger partial charge in [-0.15, -0.1) is 0 Å². The molecule has 0 radical (unpaired) electrons. The minimum absolute atomic E-state index is 0.0128. The van der Waals surface area contributed by atoms with Gasteiger partial charge >= 0.3 is 0 Å². The highest BCUT2D eigenvalue weighted by atomic mass is 19.1. The summed E-state index contributed by atoms with van der Waals surface area (Å²) in [7, 11) is 0. The molecule has 0 unspecified atom stereocenters. The Hall–Kier alpha value is -0.930. The molecule has 0 aromatic heterocycles. The van der Waals surface area contributed by atoms with Gasteiger partial charge in [0.1, 0.15) is 5.82 Å². The zero-order chi connectivity index (χ0) is 11.3. The van der Waals surface area contributed by atoms with Crippen molar-refractivity contribution in [2.45, 2.75) is 19.9 Å². The quantitative estimate of drug-likeness (QED) is 0.807. The van der Waals surface area contributed by atoms with Crippen molar-refractivity contribution in [2.75, 3.05) is 19.6 Å². The van der Waals surface area contributed by atoms with Crippen molar-refractivity contribution in [3.63, 3.8) is 0 Å². The van der Waals surface area contributed by atoms with E-state index in [2.05, 4.69) is 18.7 Å². The number of halogens is 1. The number of hydrogen-bond donors (Lipinski definition) is 1. The van der Waals surface area contributed by atoms with E-state index in [-0.39, 0.29) is 11.9 Å². The Kier molecular flexibility index (Phi) is 4.72. The van der Waals surface area contributed by atoms with Crippen LogP contribution in [0.5, 0.6) is 0 Å². The van der Waals surface area contributed by atoms with Crippen LogP contribution in [0, 0.1) is 5.82 Å². The summed E-state index contributed by atoms with van der Waals surface area (Å²) in [5.74, 6) is -0.167. The summed E-state index contributed by atoms with van der Waals surface area (Å²) in [5, 5.41) is 0. The van der Waals surface area contributed by atoms with Gasteiger partial charge in [0.15, 0.2) is 0 Å². The van der Waals surface area contributed by atoms with Crippen LogP contribution >= 0.6 is 0 Å². The second kappa shape index (κ2) is 5.83. The average Bonchev–Trinajstić information content (AvgIpc) is 2.27. The first-order valence-electron chi connectivity index (χ1n) is 5.43. The minimum Gasteiger partial charge on any atom is -0.329 e. The van der Waals surface area contributed by atoms with E-state index in [9.17, 15) is 4.39 Å². The Labute approximate surface area is 90.9 Å². The number of likely N-dealkylation sites (N-methyl/N-ethyl adjacent to an activating group) is 1. The lowest BCUT2D eigenvalue weighted by Gasteiger charge is -2.29. The van der Waals surface area contributed by atoms with E-state index in [0.29, 0.717) is 12.1 Å². The zero-order valence-corrected chi connectivity index (χ0v) is 9.41. The van der Waals surface area contributed by atoms with Gasteiger partial charge < -0.3 is 5.73 Å². The summed E-state index contributed by atoms with van der Waals surface area (Å²) in [6.45, 7) is 6.34. The standard InChI is InChI=1S/C12H19FN2/c1-3-15(4-2)12(9-14)10-7-5-6-8-11(10)13/h5-8,12H,3-4,9,14H2,1-2H3/t12-/m1/s1. The van der Waals surface area contributed by atoms with Gasteiger partial charge in [-0.25, -0.2) is 4.39 Å². The molecule has 2 nitrogen and oxygen atoms in total. The van der Waals surface area contributed by atoms with E-state index >= 15 is 0 Å². The molecule has 1 aromatic carbocycles. The second-order valence-corrected chi connectivity index (χ2v) is 3.49. The molecule has 1 aromatic rings. The third-order valence-electron chi connectivity index (χ3n) is 2.74. The molecule has 2 N–H and O–H groups in total. The van der Waals surface area contributed by atoms with E-state index in [0.717, 1.165) is 13.1 Å². The maximum absolute atomic E-state index is 13.6. The van der Waals surface area contributed by atoms with E-state index in [1.807, 2.05) is 12.1 Å². The van der Waals surface area contributed by atoms with Gasteiger partial charge in [0.2, 0.25) is 0 Å². The fraction of sp³-hybridized carbons (Fsp3) is 0.500. The molecule has 1 atom stereocenters. The summed E-state index contributed by atoms with van der Waals surface area (Å²) in [6, 6.07) is 6.84. The van der Waals surface area contributed by atoms with Crippen LogP contribution < -0.4 is 5.73 Å². The number of nitrogens with zero attached hydrogens (tertiary/aromatic N) is 1. The molecule has 84 valence electrons. The lowest BCUT2D eigenvalue weighted by molar-refractivity contribution is 0.219. The molecule has 0 aliphatic heterocycles. The SMILES string of the molecule is CCN(CC)[C@H](CN)c1ccccc1F. The lowest BCUT2D eigenvalue weighted by Crippen LogP contribution is -2.34. The van der Waals surface area contributed by atoms with Gasteiger partial charge in [0.25, 0.3) is 0 Å². The van der Waals surface area contributed by atoms with Gasteiger partial charge in [-0.3, -0.25) is 4.90 Å². The first-order valence-corrected chi connectivity index (χ1v) is 5.43. The normalized spacial score (nSPS) is 13.1. The van der Waals surface area contributed by atoms with Crippen LogP contribution in [0.3, 0.4) is 0 Å². The summed E-state index contributed by atoms with van der Waals surface area (Å²) in [4.78, 5) is 2.17. The van der Waals surface area contributed by atoms with Crippen LogP contribution in [0.15, 0.2) is 24.3 Å². The van der Waals surface area contributed by atoms with Crippen molar-refractivity contribution in [1.29, 1.82) is 0 Å². The lowest BCUT2D eigenvalue weighted by atomic mass is 10.0.